The summed E-state index contributed by atoms with van der Waals surface area (Å²) in [5.41, 5.74) is 4.16. The second-order valence-electron chi connectivity index (χ2n) is 7.23. The second-order valence-corrected chi connectivity index (χ2v) is 9.04. The van der Waals surface area contributed by atoms with Crippen molar-refractivity contribution in [2.75, 3.05) is 12.9 Å². The molecule has 0 fully saturated rings. The monoisotopic (exact) mass is 430 g/mol. The number of aromatic nitrogens is 2. The van der Waals surface area contributed by atoms with Gasteiger partial charge in [-0.15, -0.1) is 0 Å². The lowest BCUT2D eigenvalue weighted by atomic mass is 9.99. The number of nitrogens with zero attached hydrogens (tertiary/aromatic N) is 2. The second kappa shape index (κ2) is 8.12. The van der Waals surface area contributed by atoms with Crippen molar-refractivity contribution in [2.45, 2.75) is 26.2 Å². The van der Waals surface area contributed by atoms with Gasteiger partial charge in [0.1, 0.15) is 18.1 Å². The number of carboxylic acid groups (broad SMARTS) is 1. The van der Waals surface area contributed by atoms with Gasteiger partial charge in [0, 0.05) is 28.3 Å². The zero-order valence-corrected chi connectivity index (χ0v) is 18.1. The quantitative estimate of drug-likeness (QED) is 0.563. The number of methoxy groups -OCH3 is 1. The van der Waals surface area contributed by atoms with E-state index in [-0.39, 0.29) is 12.3 Å². The molecular weight excluding hydrogens is 408 g/mol. The highest BCUT2D eigenvalue weighted by Crippen LogP contribution is 2.44. The maximum Gasteiger partial charge on any atom is 0.356 e. The highest BCUT2D eigenvalue weighted by molar-refractivity contribution is 7.98. The van der Waals surface area contributed by atoms with Gasteiger partial charge in [-0.05, 0) is 29.2 Å². The van der Waals surface area contributed by atoms with Gasteiger partial charge in [0.05, 0.1) is 24.1 Å². The van der Waals surface area contributed by atoms with Crippen molar-refractivity contribution in [3.05, 3.63) is 45.8 Å². The van der Waals surface area contributed by atoms with Crippen LogP contribution in [0.3, 0.4) is 0 Å². The number of thiophene rings is 1. The van der Waals surface area contributed by atoms with Crippen LogP contribution in [0.4, 0.5) is 0 Å². The van der Waals surface area contributed by atoms with Crippen LogP contribution in [0.5, 0.6) is 11.5 Å². The molecule has 1 N–H and O–H groups in total. The first-order chi connectivity index (χ1) is 14.0. The Morgan fingerprint density at radius 1 is 1.45 bits per heavy atom. The molecule has 0 aliphatic carbocycles. The van der Waals surface area contributed by atoms with E-state index >= 15 is 0 Å². The average molecular weight is 431 g/mol. The molecule has 2 aromatic heterocycles. The third-order valence-electron chi connectivity index (χ3n) is 4.66. The van der Waals surface area contributed by atoms with Gasteiger partial charge in [-0.1, -0.05) is 13.8 Å². The largest absolute Gasteiger partial charge is 0.496 e. The van der Waals surface area contributed by atoms with E-state index in [0.717, 1.165) is 39.8 Å². The van der Waals surface area contributed by atoms with Gasteiger partial charge in [0.25, 0.3) is 0 Å². The number of benzene rings is 1. The van der Waals surface area contributed by atoms with Crippen molar-refractivity contribution in [3.8, 4) is 28.4 Å². The summed E-state index contributed by atoms with van der Waals surface area (Å²) in [5, 5.41) is 18.0. The number of carbonyl (C=O) groups is 1. The average Bonchev–Trinajstić information content (AvgIpc) is 3.34. The van der Waals surface area contributed by atoms with Crippen molar-refractivity contribution in [2.24, 2.45) is 5.92 Å². The van der Waals surface area contributed by atoms with Gasteiger partial charge in [-0.3, -0.25) is 0 Å². The number of hydrogen-bond acceptors (Lipinski definition) is 6. The highest BCUT2D eigenvalue weighted by Gasteiger charge is 2.31. The fraction of sp³-hybridized carbons (Fsp3) is 0.333. The summed E-state index contributed by atoms with van der Waals surface area (Å²) in [4.78, 5) is 11.8. The van der Waals surface area contributed by atoms with Gasteiger partial charge in [0.15, 0.2) is 5.69 Å². The predicted molar refractivity (Wildman–Crippen MR) is 116 cm³/mol. The van der Waals surface area contributed by atoms with Crippen LogP contribution < -0.4 is 9.47 Å². The van der Waals surface area contributed by atoms with Crippen LogP contribution in [-0.4, -0.2) is 33.7 Å². The molecule has 0 atom stereocenters. The molecule has 0 spiro atoms. The van der Waals surface area contributed by atoms with Crippen LogP contribution in [0.1, 0.15) is 35.5 Å². The van der Waals surface area contributed by atoms with Crippen molar-refractivity contribution in [1.82, 2.24) is 9.78 Å². The van der Waals surface area contributed by atoms with Crippen molar-refractivity contribution in [3.63, 3.8) is 0 Å². The summed E-state index contributed by atoms with van der Waals surface area (Å²) in [6.45, 7) is 4.56. The number of thioether (sulfide) groups is 1. The van der Waals surface area contributed by atoms with E-state index in [2.05, 4.69) is 25.0 Å². The molecule has 4 rings (SSSR count). The molecule has 1 aliphatic heterocycles. The van der Waals surface area contributed by atoms with Crippen LogP contribution >= 0.6 is 23.1 Å². The number of rotatable bonds is 7. The molecule has 0 unspecified atom stereocenters. The third kappa shape index (κ3) is 3.74. The van der Waals surface area contributed by atoms with Gasteiger partial charge < -0.3 is 14.6 Å². The van der Waals surface area contributed by atoms with E-state index < -0.39 is 5.97 Å². The first-order valence-electron chi connectivity index (χ1n) is 9.29. The molecule has 8 heteroatoms. The third-order valence-corrected chi connectivity index (χ3v) is 6.74. The number of ether oxygens (including phenoxy) is 2. The lowest BCUT2D eigenvalue weighted by Gasteiger charge is -2.22. The van der Waals surface area contributed by atoms with Crippen molar-refractivity contribution < 1.29 is 19.4 Å². The van der Waals surface area contributed by atoms with E-state index in [1.807, 2.05) is 34.7 Å². The minimum atomic E-state index is -1.05. The predicted octanol–water partition coefficient (Wildman–Crippen LogP) is 5.09. The summed E-state index contributed by atoms with van der Waals surface area (Å²) in [6.07, 6.45) is 0. The summed E-state index contributed by atoms with van der Waals surface area (Å²) >= 11 is 3.40. The Labute approximate surface area is 177 Å². The molecule has 1 aliphatic rings. The van der Waals surface area contributed by atoms with Crippen LogP contribution in [0, 0.1) is 5.92 Å². The molecule has 0 bridgehead atoms. The van der Waals surface area contributed by atoms with Gasteiger partial charge >= 0.3 is 5.97 Å². The lowest BCUT2D eigenvalue weighted by Crippen LogP contribution is -2.10. The molecule has 6 nitrogen and oxygen atoms in total. The van der Waals surface area contributed by atoms with Crippen molar-refractivity contribution in [1.29, 1.82) is 0 Å². The van der Waals surface area contributed by atoms with Crippen LogP contribution in [0.15, 0.2) is 29.0 Å². The first kappa shape index (κ1) is 19.8. The Balaban J connectivity index is 1.85. The highest BCUT2D eigenvalue weighted by atomic mass is 32.2. The summed E-state index contributed by atoms with van der Waals surface area (Å²) in [6, 6.07) is 5.88. The molecule has 152 valence electrons. The SMILES string of the molecule is COc1cc2c(cc1CSCC(C)C)-c1c(c(C(=O)O)nn1-c1ccsc1)CO2. The Kier molecular flexibility index (Phi) is 5.56. The Bertz CT molecular complexity index is 1040. The summed E-state index contributed by atoms with van der Waals surface area (Å²) in [5.74, 6) is 2.88. The minimum absolute atomic E-state index is 0.0309. The lowest BCUT2D eigenvalue weighted by molar-refractivity contribution is 0.0687. The molecule has 0 saturated heterocycles. The van der Waals surface area contributed by atoms with E-state index in [1.54, 1.807) is 23.1 Å². The zero-order valence-electron chi connectivity index (χ0n) is 16.5. The molecule has 3 aromatic rings. The number of fused-ring (bicyclic) bond motifs is 3. The van der Waals surface area contributed by atoms with Gasteiger partial charge in [-0.25, -0.2) is 9.48 Å². The standard InChI is InChI=1S/C21H22N2O4S2/c1-12(2)9-29-10-13-6-15-18(7-17(13)26-3)27-8-16-19(21(24)25)22-23(20(15)16)14-4-5-28-11-14/h4-7,11-12H,8-10H2,1-3H3,(H,24,25). The zero-order chi connectivity index (χ0) is 20.5. The van der Waals surface area contributed by atoms with Gasteiger partial charge in [-0.2, -0.15) is 28.2 Å². The number of carboxylic acids is 1. The molecule has 0 saturated carbocycles. The van der Waals surface area contributed by atoms with Crippen LogP contribution in [0.25, 0.3) is 16.9 Å². The van der Waals surface area contributed by atoms with Crippen LogP contribution in [0.2, 0.25) is 0 Å². The maximum atomic E-state index is 11.8. The smallest absolute Gasteiger partial charge is 0.356 e. The van der Waals surface area contributed by atoms with Crippen molar-refractivity contribution >= 4 is 29.1 Å². The fourth-order valence-corrected chi connectivity index (χ4v) is 5.02. The summed E-state index contributed by atoms with van der Waals surface area (Å²) < 4.78 is 13.2. The Morgan fingerprint density at radius 3 is 2.93 bits per heavy atom. The van der Waals surface area contributed by atoms with E-state index in [0.29, 0.717) is 17.2 Å². The topological polar surface area (TPSA) is 73.6 Å². The number of aromatic carboxylic acids is 1. The molecule has 3 heterocycles. The fourth-order valence-electron chi connectivity index (χ4n) is 3.37. The molecule has 1 aromatic carbocycles. The summed E-state index contributed by atoms with van der Waals surface area (Å²) in [7, 11) is 1.66. The molecular formula is C21H22N2O4S2. The molecule has 29 heavy (non-hydrogen) atoms. The Hall–Kier alpha value is -2.45. The minimum Gasteiger partial charge on any atom is -0.496 e. The van der Waals surface area contributed by atoms with Crippen LogP contribution in [-0.2, 0) is 12.4 Å². The molecule has 0 radical (unpaired) electrons. The molecule has 0 amide bonds. The van der Waals surface area contributed by atoms with Gasteiger partial charge in [0.2, 0.25) is 0 Å². The first-order valence-corrected chi connectivity index (χ1v) is 11.4. The van der Waals surface area contributed by atoms with E-state index in [9.17, 15) is 9.90 Å². The van der Waals surface area contributed by atoms with E-state index in [4.69, 9.17) is 9.47 Å². The maximum absolute atomic E-state index is 11.8. The normalized spacial score (nSPS) is 12.4. The van der Waals surface area contributed by atoms with E-state index in [1.165, 1.54) is 0 Å². The number of hydrogen-bond donors (Lipinski definition) is 1. The Morgan fingerprint density at radius 2 is 2.28 bits per heavy atom.